The molecule has 3 rings (SSSR count). The average molecular weight is 576 g/mol. The number of anilines is 1. The Balaban J connectivity index is 2.08. The molecule has 0 aromatic heterocycles. The van der Waals surface area contributed by atoms with Crippen LogP contribution in [0.4, 0.5) is 10.5 Å². The van der Waals surface area contributed by atoms with Crippen molar-refractivity contribution in [3.05, 3.63) is 106 Å². The zero-order valence-electron chi connectivity index (χ0n) is 24.1. The molecule has 0 heterocycles. The molecule has 0 saturated heterocycles. The Morgan fingerprint density at radius 1 is 0.780 bits per heavy atom. The molecular weight excluding hydrogens is 541 g/mol. The number of benzene rings is 3. The highest BCUT2D eigenvalue weighted by Gasteiger charge is 2.45. The van der Waals surface area contributed by atoms with Crippen molar-refractivity contribution in [2.24, 2.45) is 0 Å². The number of carbonyl (C=O) groups is 4. The zero-order chi connectivity index (χ0) is 30.5. The normalized spacial score (nSPS) is 12.1. The Hall–Kier alpha value is -4.29. The van der Waals surface area contributed by atoms with Crippen molar-refractivity contribution < 1.29 is 33.2 Å². The molecule has 3 aromatic carbocycles. The summed E-state index contributed by atoms with van der Waals surface area (Å²) in [5.74, 6) is -0.643. The van der Waals surface area contributed by atoms with Crippen molar-refractivity contribution in [3.63, 3.8) is 0 Å². The summed E-state index contributed by atoms with van der Waals surface area (Å²) in [6, 6.07) is 13.4. The second kappa shape index (κ2) is 12.9. The highest BCUT2D eigenvalue weighted by Crippen LogP contribution is 2.53. The van der Waals surface area contributed by atoms with Gasteiger partial charge in [0.15, 0.2) is 0 Å². The van der Waals surface area contributed by atoms with E-state index in [9.17, 15) is 23.7 Å². The maximum absolute atomic E-state index is 14.9. The summed E-state index contributed by atoms with van der Waals surface area (Å²) < 4.78 is 24.8. The largest absolute Gasteiger partial charge is 0.459 e. The van der Waals surface area contributed by atoms with Gasteiger partial charge in [0, 0.05) is 22.5 Å². The lowest BCUT2D eigenvalue weighted by Crippen LogP contribution is -2.24. The maximum Gasteiger partial charge on any atom is 0.411 e. The van der Waals surface area contributed by atoms with Gasteiger partial charge in [0.2, 0.25) is 18.2 Å². The first-order valence-electron chi connectivity index (χ1n) is 13.0. The lowest BCUT2D eigenvalue weighted by Gasteiger charge is -2.23. The van der Waals surface area contributed by atoms with E-state index in [2.05, 4.69) is 11.9 Å². The summed E-state index contributed by atoms with van der Waals surface area (Å²) in [6.45, 7) is 13.4. The number of aryl methyl sites for hydroxylation is 5. The molecule has 0 aliphatic carbocycles. The third kappa shape index (κ3) is 6.55. The molecule has 0 bridgehead atoms. The van der Waals surface area contributed by atoms with Crippen LogP contribution in [0.1, 0.15) is 54.1 Å². The summed E-state index contributed by atoms with van der Waals surface area (Å²) in [4.78, 5) is 52.3. The topological polar surface area (TPSA) is 116 Å². The minimum absolute atomic E-state index is 0.0915. The van der Waals surface area contributed by atoms with E-state index in [0.717, 1.165) is 11.6 Å². The molecular formula is C32H34NO7P. The van der Waals surface area contributed by atoms with Gasteiger partial charge < -0.3 is 14.0 Å². The summed E-state index contributed by atoms with van der Waals surface area (Å²) in [7, 11) is -4.40. The van der Waals surface area contributed by atoms with Gasteiger partial charge in [0.25, 0.3) is 0 Å². The maximum atomic E-state index is 14.9. The van der Waals surface area contributed by atoms with Crippen LogP contribution in [0.3, 0.4) is 0 Å². The first-order valence-corrected chi connectivity index (χ1v) is 14.7. The summed E-state index contributed by atoms with van der Waals surface area (Å²) >= 11 is 0. The number of ether oxygens (including phenoxy) is 2. The van der Waals surface area contributed by atoms with Crippen LogP contribution in [0, 0.1) is 41.5 Å². The van der Waals surface area contributed by atoms with Crippen LogP contribution in [0.15, 0.2) is 61.2 Å². The van der Waals surface area contributed by atoms with E-state index < -0.39 is 30.3 Å². The van der Waals surface area contributed by atoms with E-state index in [-0.39, 0.29) is 29.6 Å². The molecule has 0 aliphatic heterocycles. The number of amides is 1. The molecule has 1 atom stereocenters. The Morgan fingerprint density at radius 3 is 1.90 bits per heavy atom. The molecule has 8 nitrogen and oxygen atoms in total. The Kier molecular flexibility index (Phi) is 9.84. The monoisotopic (exact) mass is 575 g/mol. The highest BCUT2D eigenvalue weighted by atomic mass is 31.2. The molecule has 9 heteroatoms. The minimum atomic E-state index is -4.40. The third-order valence-electron chi connectivity index (χ3n) is 6.72. The van der Waals surface area contributed by atoms with E-state index >= 15 is 0 Å². The van der Waals surface area contributed by atoms with Gasteiger partial charge in [-0.3, -0.25) is 14.9 Å². The fourth-order valence-electron chi connectivity index (χ4n) is 4.98. The molecule has 0 fully saturated rings. The third-order valence-corrected chi connectivity index (χ3v) is 9.34. The van der Waals surface area contributed by atoms with Crippen molar-refractivity contribution in [3.8, 4) is 0 Å². The van der Waals surface area contributed by atoms with Gasteiger partial charge >= 0.3 is 12.1 Å². The van der Waals surface area contributed by atoms with Gasteiger partial charge in [-0.05, 0) is 69.4 Å². The summed E-state index contributed by atoms with van der Waals surface area (Å²) in [5.41, 5.74) is 2.83. The van der Waals surface area contributed by atoms with Crippen molar-refractivity contribution in [2.45, 2.75) is 41.5 Å². The van der Waals surface area contributed by atoms with E-state index in [1.165, 1.54) is 12.1 Å². The van der Waals surface area contributed by atoms with E-state index in [1.54, 1.807) is 58.9 Å². The van der Waals surface area contributed by atoms with Crippen molar-refractivity contribution in [2.75, 3.05) is 18.5 Å². The van der Waals surface area contributed by atoms with Crippen LogP contribution in [0.25, 0.3) is 0 Å². The van der Waals surface area contributed by atoms with Crippen LogP contribution >= 0.6 is 7.14 Å². The van der Waals surface area contributed by atoms with E-state index in [1.807, 2.05) is 19.1 Å². The zero-order valence-corrected chi connectivity index (χ0v) is 25.0. The molecule has 3 aromatic rings. The lowest BCUT2D eigenvalue weighted by molar-refractivity contribution is -0.138. The van der Waals surface area contributed by atoms with Gasteiger partial charge in [0.1, 0.15) is 13.2 Å². The van der Waals surface area contributed by atoms with Crippen LogP contribution in [0.2, 0.25) is 0 Å². The summed E-state index contributed by atoms with van der Waals surface area (Å²) in [6.07, 6.45) is 0.166. The number of hydrogen-bond acceptors (Lipinski definition) is 7. The number of nitrogens with one attached hydrogen (secondary N) is 1. The van der Waals surface area contributed by atoms with Crippen LogP contribution in [0.5, 0.6) is 0 Å². The number of carbonyl (C=O) groups excluding carboxylic acids is 4. The van der Waals surface area contributed by atoms with Crippen molar-refractivity contribution >= 4 is 41.2 Å². The Bertz CT molecular complexity index is 1570. The first-order chi connectivity index (χ1) is 19.3. The molecule has 1 N–H and O–H groups in total. The fraction of sp³-hybridized carbons (Fsp3) is 0.250. The van der Waals surface area contributed by atoms with E-state index in [4.69, 9.17) is 9.47 Å². The molecule has 1 amide bonds. The lowest BCUT2D eigenvalue weighted by atomic mass is 9.98. The Morgan fingerprint density at radius 2 is 1.32 bits per heavy atom. The van der Waals surface area contributed by atoms with Crippen LogP contribution < -0.4 is 10.6 Å². The van der Waals surface area contributed by atoms with Gasteiger partial charge in [-0.1, -0.05) is 60.7 Å². The van der Waals surface area contributed by atoms with Crippen LogP contribution in [-0.4, -0.2) is 36.3 Å². The quantitative estimate of drug-likeness (QED) is 0.127. The molecule has 0 saturated carbocycles. The fourth-order valence-corrected chi connectivity index (χ4v) is 7.55. The minimum Gasteiger partial charge on any atom is -0.459 e. The predicted molar refractivity (Wildman–Crippen MR) is 160 cm³/mol. The molecule has 41 heavy (non-hydrogen) atoms. The van der Waals surface area contributed by atoms with Gasteiger partial charge in [0.05, 0.1) is 5.69 Å². The molecule has 214 valence electrons. The van der Waals surface area contributed by atoms with Crippen molar-refractivity contribution in [1.29, 1.82) is 0 Å². The number of hydrogen-bond donors (Lipinski definition) is 1. The van der Waals surface area contributed by atoms with Gasteiger partial charge in [-0.2, -0.15) is 0 Å². The second-order valence-electron chi connectivity index (χ2n) is 9.85. The molecule has 0 radical (unpaired) electrons. The second-order valence-corrected chi connectivity index (χ2v) is 12.4. The van der Waals surface area contributed by atoms with Gasteiger partial charge in [-0.15, -0.1) is 0 Å². The average Bonchev–Trinajstić information content (AvgIpc) is 2.92. The number of esters is 1. The van der Waals surface area contributed by atoms with Gasteiger partial charge in [-0.25, -0.2) is 9.59 Å². The first kappa shape index (κ1) is 31.2. The van der Waals surface area contributed by atoms with Crippen molar-refractivity contribution in [1.82, 2.24) is 0 Å². The standard InChI is InChI=1S/C32H34NO7P/c1-8-26(34)39-14-15-40-32(37)33-29-23(6)18-22(5)28(24(29)7)31(36)41(38,25-12-10-9-11-13-25)30(35)27-20(3)16-19(2)17-21(27)4/h8-13,16-18H,1,14-15H2,2-7H3,(H,33,37). The Labute approximate surface area is 240 Å². The predicted octanol–water partition coefficient (Wildman–Crippen LogP) is 6.48. The van der Waals surface area contributed by atoms with E-state index in [0.29, 0.717) is 33.5 Å². The summed E-state index contributed by atoms with van der Waals surface area (Å²) in [5, 5.41) is 2.77. The highest BCUT2D eigenvalue weighted by molar-refractivity contribution is 8.01. The SMILES string of the molecule is C=CC(=O)OCCOC(=O)Nc1c(C)cc(C)c(C(=O)P(=O)(C(=O)c2c(C)cc(C)cc2C)c2ccccc2)c1C. The smallest absolute Gasteiger partial charge is 0.411 e. The number of rotatable bonds is 10. The molecule has 0 spiro atoms. The van der Waals surface area contributed by atoms with Crippen LogP contribution in [-0.2, 0) is 18.8 Å². The molecule has 1 unspecified atom stereocenters. The molecule has 0 aliphatic rings.